The average Bonchev–Trinajstić information content (AvgIpc) is 2.75. The molecule has 19 heavy (non-hydrogen) atoms. The zero-order valence-electron chi connectivity index (χ0n) is 11.4. The Balaban J connectivity index is 2.01. The van der Waals surface area contributed by atoms with Crippen LogP contribution in [-0.2, 0) is 13.5 Å². The Hall–Kier alpha value is -1.75. The lowest BCUT2D eigenvalue weighted by Crippen LogP contribution is -2.17. The van der Waals surface area contributed by atoms with Crippen molar-refractivity contribution in [2.75, 3.05) is 7.05 Å². The van der Waals surface area contributed by atoms with E-state index in [0.717, 1.165) is 17.8 Å². The van der Waals surface area contributed by atoms with Gasteiger partial charge >= 0.3 is 0 Å². The summed E-state index contributed by atoms with van der Waals surface area (Å²) in [6.45, 7) is 0. The average molecular weight is 257 g/mol. The minimum absolute atomic E-state index is 0.389. The summed E-state index contributed by atoms with van der Waals surface area (Å²) in [6.07, 6.45) is 10.4. The molecule has 5 heteroatoms. The number of rotatable bonds is 2. The first-order valence-electron chi connectivity index (χ1n) is 6.80. The summed E-state index contributed by atoms with van der Waals surface area (Å²) in [5, 5.41) is 7.55. The zero-order chi connectivity index (χ0) is 13.2. The van der Waals surface area contributed by atoms with Gasteiger partial charge in [-0.25, -0.2) is 9.97 Å². The van der Waals surface area contributed by atoms with Gasteiger partial charge in [-0.1, -0.05) is 6.42 Å². The fourth-order valence-electron chi connectivity index (χ4n) is 2.69. The zero-order valence-corrected chi connectivity index (χ0v) is 11.4. The number of nitrogens with one attached hydrogen (secondary N) is 1. The quantitative estimate of drug-likeness (QED) is 0.834. The van der Waals surface area contributed by atoms with Gasteiger partial charge in [0.05, 0.1) is 11.8 Å². The fraction of sp³-hybridized carbons (Fsp3) is 0.500. The molecule has 3 rings (SSSR count). The third-order valence-electron chi connectivity index (χ3n) is 3.74. The molecule has 0 spiro atoms. The second kappa shape index (κ2) is 5.09. The van der Waals surface area contributed by atoms with E-state index in [4.69, 9.17) is 4.98 Å². The van der Waals surface area contributed by atoms with E-state index < -0.39 is 0 Å². The van der Waals surface area contributed by atoms with E-state index in [2.05, 4.69) is 15.4 Å². The van der Waals surface area contributed by atoms with Crippen LogP contribution in [0.1, 0.15) is 36.6 Å². The number of aryl methyl sites for hydroxylation is 2. The number of hydrogen-bond acceptors (Lipinski definition) is 4. The van der Waals surface area contributed by atoms with Crippen LogP contribution in [0.25, 0.3) is 11.4 Å². The summed E-state index contributed by atoms with van der Waals surface area (Å²) in [4.78, 5) is 9.26. The molecule has 1 aliphatic rings. The maximum Gasteiger partial charge on any atom is 0.162 e. The summed E-state index contributed by atoms with van der Waals surface area (Å²) in [6, 6.07) is 0.389. The number of fused-ring (bicyclic) bond motifs is 1. The van der Waals surface area contributed by atoms with Crippen molar-refractivity contribution in [3.8, 4) is 11.4 Å². The summed E-state index contributed by atoms with van der Waals surface area (Å²) < 4.78 is 1.78. The highest BCUT2D eigenvalue weighted by Gasteiger charge is 2.19. The number of hydrogen-bond donors (Lipinski definition) is 1. The van der Waals surface area contributed by atoms with Crippen molar-refractivity contribution < 1.29 is 0 Å². The standard InChI is InChI=1S/C14H19N5/c1-15-12-5-3-4-6-13-11(12)8-16-14(18-13)10-7-17-19(2)9-10/h7-9,12,15H,3-6H2,1-2H3. The van der Waals surface area contributed by atoms with Gasteiger partial charge in [0, 0.05) is 36.7 Å². The van der Waals surface area contributed by atoms with Crippen molar-refractivity contribution in [3.63, 3.8) is 0 Å². The van der Waals surface area contributed by atoms with Gasteiger partial charge in [-0.2, -0.15) is 5.10 Å². The van der Waals surface area contributed by atoms with Crippen molar-refractivity contribution in [1.29, 1.82) is 0 Å². The molecule has 2 aromatic heterocycles. The smallest absolute Gasteiger partial charge is 0.162 e. The monoisotopic (exact) mass is 257 g/mol. The Morgan fingerprint density at radius 1 is 1.32 bits per heavy atom. The first-order valence-corrected chi connectivity index (χ1v) is 6.80. The second-order valence-corrected chi connectivity index (χ2v) is 5.09. The molecule has 100 valence electrons. The SMILES string of the molecule is CNC1CCCCc2nc(-c3cnn(C)c3)ncc21. The highest BCUT2D eigenvalue weighted by Crippen LogP contribution is 2.28. The van der Waals surface area contributed by atoms with Crippen molar-refractivity contribution in [2.24, 2.45) is 7.05 Å². The van der Waals surface area contributed by atoms with Crippen LogP contribution in [0.5, 0.6) is 0 Å². The minimum atomic E-state index is 0.389. The molecular formula is C14H19N5. The van der Waals surface area contributed by atoms with E-state index in [0.29, 0.717) is 6.04 Å². The van der Waals surface area contributed by atoms with E-state index in [-0.39, 0.29) is 0 Å². The van der Waals surface area contributed by atoms with Crippen LogP contribution in [0.4, 0.5) is 0 Å². The lowest BCUT2D eigenvalue weighted by Gasteiger charge is -2.15. The molecule has 0 bridgehead atoms. The summed E-state index contributed by atoms with van der Waals surface area (Å²) in [5.41, 5.74) is 3.42. The molecule has 1 aliphatic carbocycles. The summed E-state index contributed by atoms with van der Waals surface area (Å²) in [5.74, 6) is 0.781. The van der Waals surface area contributed by atoms with Crippen LogP contribution in [0.2, 0.25) is 0 Å². The molecule has 5 nitrogen and oxygen atoms in total. The fourth-order valence-corrected chi connectivity index (χ4v) is 2.69. The van der Waals surface area contributed by atoms with Gasteiger partial charge in [-0.05, 0) is 26.3 Å². The maximum absolute atomic E-state index is 4.75. The van der Waals surface area contributed by atoms with E-state index in [1.54, 1.807) is 4.68 Å². The normalized spacial score (nSPS) is 18.9. The molecule has 1 N–H and O–H groups in total. The van der Waals surface area contributed by atoms with Gasteiger partial charge in [0.2, 0.25) is 0 Å². The summed E-state index contributed by atoms with van der Waals surface area (Å²) >= 11 is 0. The maximum atomic E-state index is 4.75. The van der Waals surface area contributed by atoms with Crippen molar-refractivity contribution in [1.82, 2.24) is 25.1 Å². The third kappa shape index (κ3) is 2.38. The molecule has 0 amide bonds. The lowest BCUT2D eigenvalue weighted by molar-refractivity contribution is 0.532. The first kappa shape index (κ1) is 12.3. The second-order valence-electron chi connectivity index (χ2n) is 5.09. The number of nitrogens with zero attached hydrogens (tertiary/aromatic N) is 4. The van der Waals surface area contributed by atoms with Crippen LogP contribution < -0.4 is 5.32 Å². The Bertz CT molecular complexity index is 575. The molecule has 1 unspecified atom stereocenters. The van der Waals surface area contributed by atoms with Gasteiger partial charge in [0.1, 0.15) is 0 Å². The van der Waals surface area contributed by atoms with Crippen LogP contribution in [0.3, 0.4) is 0 Å². The van der Waals surface area contributed by atoms with Crippen LogP contribution in [-0.4, -0.2) is 26.8 Å². The van der Waals surface area contributed by atoms with Gasteiger partial charge in [-0.15, -0.1) is 0 Å². The van der Waals surface area contributed by atoms with Crippen LogP contribution >= 0.6 is 0 Å². The molecule has 2 aromatic rings. The van der Waals surface area contributed by atoms with Gasteiger partial charge in [0.25, 0.3) is 0 Å². The predicted octanol–water partition coefficient (Wildman–Crippen LogP) is 1.86. The van der Waals surface area contributed by atoms with Gasteiger partial charge in [0.15, 0.2) is 5.82 Å². The van der Waals surface area contributed by atoms with Crippen LogP contribution in [0.15, 0.2) is 18.6 Å². The van der Waals surface area contributed by atoms with E-state index in [1.165, 1.54) is 30.5 Å². The van der Waals surface area contributed by atoms with E-state index in [1.807, 2.05) is 32.7 Å². The van der Waals surface area contributed by atoms with Gasteiger partial charge in [-0.3, -0.25) is 4.68 Å². The van der Waals surface area contributed by atoms with Crippen molar-refractivity contribution in [3.05, 3.63) is 29.8 Å². The topological polar surface area (TPSA) is 55.6 Å². The molecule has 1 atom stereocenters. The highest BCUT2D eigenvalue weighted by atomic mass is 15.2. The third-order valence-corrected chi connectivity index (χ3v) is 3.74. The van der Waals surface area contributed by atoms with Crippen molar-refractivity contribution >= 4 is 0 Å². The molecule has 0 fully saturated rings. The van der Waals surface area contributed by atoms with E-state index in [9.17, 15) is 0 Å². The number of aromatic nitrogens is 4. The van der Waals surface area contributed by atoms with Crippen LogP contribution in [0, 0.1) is 0 Å². The Kier molecular flexibility index (Phi) is 3.29. The Morgan fingerprint density at radius 2 is 2.21 bits per heavy atom. The molecule has 0 aliphatic heterocycles. The van der Waals surface area contributed by atoms with E-state index >= 15 is 0 Å². The molecule has 0 saturated heterocycles. The Morgan fingerprint density at radius 3 is 2.95 bits per heavy atom. The minimum Gasteiger partial charge on any atom is -0.313 e. The first-order chi connectivity index (χ1) is 9.28. The molecular weight excluding hydrogens is 238 g/mol. The largest absolute Gasteiger partial charge is 0.313 e. The highest BCUT2D eigenvalue weighted by molar-refractivity contribution is 5.52. The molecule has 0 aromatic carbocycles. The van der Waals surface area contributed by atoms with Gasteiger partial charge < -0.3 is 5.32 Å². The Labute approximate surface area is 113 Å². The molecule has 2 heterocycles. The predicted molar refractivity (Wildman–Crippen MR) is 73.6 cm³/mol. The summed E-state index contributed by atoms with van der Waals surface area (Å²) in [7, 11) is 3.92. The van der Waals surface area contributed by atoms with Crippen molar-refractivity contribution in [2.45, 2.75) is 31.7 Å². The lowest BCUT2D eigenvalue weighted by atomic mass is 10.1. The molecule has 0 saturated carbocycles. The molecule has 0 radical (unpaired) electrons.